The average Bonchev–Trinajstić information content (AvgIpc) is 2.81. The van der Waals surface area contributed by atoms with Crippen molar-refractivity contribution < 1.29 is 24.4 Å². The van der Waals surface area contributed by atoms with Crippen molar-refractivity contribution in [2.75, 3.05) is 11.4 Å². The number of aromatic carboxylic acids is 1. The molecule has 0 aliphatic carbocycles. The van der Waals surface area contributed by atoms with Crippen LogP contribution in [0.25, 0.3) is 0 Å². The van der Waals surface area contributed by atoms with E-state index in [1.54, 1.807) is 12.1 Å². The van der Waals surface area contributed by atoms with Gasteiger partial charge in [-0.15, -0.1) is 0 Å². The zero-order valence-corrected chi connectivity index (χ0v) is 18.1. The van der Waals surface area contributed by atoms with Crippen LogP contribution in [0.2, 0.25) is 0 Å². The number of rotatable bonds is 10. The molecule has 33 heavy (non-hydrogen) atoms. The van der Waals surface area contributed by atoms with Crippen LogP contribution in [0.4, 0.5) is 5.69 Å². The average molecular weight is 448 g/mol. The summed E-state index contributed by atoms with van der Waals surface area (Å²) in [7, 11) is 0. The first kappa shape index (κ1) is 23.5. The monoisotopic (exact) mass is 448 g/mol. The SMILES string of the molecule is CC(=O)N(Cc1ccc(OCc2ccccc2)cc1)c1cc(C(=O)O)ccc1CC[N+](=O)[O-]. The summed E-state index contributed by atoms with van der Waals surface area (Å²) in [6, 6.07) is 21.3. The number of carbonyl (C=O) groups is 2. The quantitative estimate of drug-likeness (QED) is 0.365. The van der Waals surface area contributed by atoms with E-state index in [-0.39, 0.29) is 31.0 Å². The van der Waals surface area contributed by atoms with Gasteiger partial charge in [0.05, 0.1) is 12.1 Å². The first-order chi connectivity index (χ1) is 15.8. The minimum atomic E-state index is -1.14. The van der Waals surface area contributed by atoms with Crippen molar-refractivity contribution in [2.24, 2.45) is 0 Å². The van der Waals surface area contributed by atoms with Crippen LogP contribution in [0.3, 0.4) is 0 Å². The second kappa shape index (κ2) is 10.9. The lowest BCUT2D eigenvalue weighted by Crippen LogP contribution is -2.29. The summed E-state index contributed by atoms with van der Waals surface area (Å²) in [4.78, 5) is 35.8. The van der Waals surface area contributed by atoms with Crippen LogP contribution in [-0.4, -0.2) is 28.5 Å². The molecular formula is C25H24N2O6. The maximum atomic E-state index is 12.5. The highest BCUT2D eigenvalue weighted by Gasteiger charge is 2.19. The van der Waals surface area contributed by atoms with Crippen LogP contribution in [0, 0.1) is 10.1 Å². The van der Waals surface area contributed by atoms with Crippen molar-refractivity contribution in [2.45, 2.75) is 26.5 Å². The molecule has 3 aromatic carbocycles. The maximum Gasteiger partial charge on any atom is 0.335 e. The highest BCUT2D eigenvalue weighted by molar-refractivity contribution is 5.95. The summed E-state index contributed by atoms with van der Waals surface area (Å²) in [5.41, 5.74) is 2.75. The number of nitro groups is 1. The van der Waals surface area contributed by atoms with Crippen molar-refractivity contribution in [1.29, 1.82) is 0 Å². The Bertz CT molecular complexity index is 1130. The smallest absolute Gasteiger partial charge is 0.335 e. The number of nitrogens with zero attached hydrogens (tertiary/aromatic N) is 2. The van der Waals surface area contributed by atoms with Gasteiger partial charge in [0.25, 0.3) is 0 Å². The Morgan fingerprint density at radius 2 is 1.70 bits per heavy atom. The number of anilines is 1. The lowest BCUT2D eigenvalue weighted by molar-refractivity contribution is -0.479. The number of carboxylic acids is 1. The Balaban J connectivity index is 1.80. The third kappa shape index (κ3) is 6.64. The van der Waals surface area contributed by atoms with E-state index in [9.17, 15) is 24.8 Å². The van der Waals surface area contributed by atoms with Gasteiger partial charge in [-0.3, -0.25) is 14.9 Å². The van der Waals surface area contributed by atoms with E-state index in [0.717, 1.165) is 11.1 Å². The minimum Gasteiger partial charge on any atom is -0.489 e. The van der Waals surface area contributed by atoms with E-state index >= 15 is 0 Å². The number of amides is 1. The summed E-state index contributed by atoms with van der Waals surface area (Å²) >= 11 is 0. The Morgan fingerprint density at radius 1 is 1.00 bits per heavy atom. The normalized spacial score (nSPS) is 10.5. The Morgan fingerprint density at radius 3 is 2.30 bits per heavy atom. The van der Waals surface area contributed by atoms with Gasteiger partial charge in [-0.25, -0.2) is 4.79 Å². The molecule has 0 saturated carbocycles. The van der Waals surface area contributed by atoms with E-state index in [1.165, 1.54) is 30.0 Å². The van der Waals surface area contributed by atoms with Gasteiger partial charge in [0.15, 0.2) is 0 Å². The van der Waals surface area contributed by atoms with Crippen molar-refractivity contribution in [3.63, 3.8) is 0 Å². The Kier molecular flexibility index (Phi) is 7.75. The van der Waals surface area contributed by atoms with Gasteiger partial charge in [0.1, 0.15) is 12.4 Å². The molecular weight excluding hydrogens is 424 g/mol. The van der Waals surface area contributed by atoms with Crippen LogP contribution >= 0.6 is 0 Å². The number of benzene rings is 3. The second-order valence-electron chi connectivity index (χ2n) is 7.48. The van der Waals surface area contributed by atoms with Gasteiger partial charge >= 0.3 is 5.97 Å². The summed E-state index contributed by atoms with van der Waals surface area (Å²) in [5, 5.41) is 20.2. The molecule has 3 aromatic rings. The maximum absolute atomic E-state index is 12.5. The second-order valence-corrected chi connectivity index (χ2v) is 7.48. The Labute approximate surface area is 191 Å². The fraction of sp³-hybridized carbons (Fsp3) is 0.200. The zero-order valence-electron chi connectivity index (χ0n) is 18.1. The molecule has 0 aliphatic rings. The summed E-state index contributed by atoms with van der Waals surface area (Å²) in [6.07, 6.45) is 0.0816. The van der Waals surface area contributed by atoms with Gasteiger partial charge < -0.3 is 14.7 Å². The lowest BCUT2D eigenvalue weighted by atomic mass is 10.0. The number of carbonyl (C=O) groups excluding carboxylic acids is 1. The lowest BCUT2D eigenvalue weighted by Gasteiger charge is -2.24. The van der Waals surface area contributed by atoms with Gasteiger partial charge in [-0.1, -0.05) is 48.5 Å². The molecule has 0 spiro atoms. The molecule has 0 aromatic heterocycles. The molecule has 170 valence electrons. The van der Waals surface area contributed by atoms with Gasteiger partial charge in [-0.2, -0.15) is 0 Å². The molecule has 0 atom stereocenters. The number of hydrogen-bond acceptors (Lipinski definition) is 5. The van der Waals surface area contributed by atoms with Crippen molar-refractivity contribution in [3.05, 3.63) is 105 Å². The van der Waals surface area contributed by atoms with E-state index in [0.29, 0.717) is 23.6 Å². The minimum absolute atomic E-state index is 0.00534. The van der Waals surface area contributed by atoms with Crippen molar-refractivity contribution in [1.82, 2.24) is 0 Å². The number of ether oxygens (including phenoxy) is 1. The van der Waals surface area contributed by atoms with Crippen LogP contribution < -0.4 is 9.64 Å². The molecule has 1 N–H and O–H groups in total. The van der Waals surface area contributed by atoms with E-state index in [1.807, 2.05) is 42.5 Å². The summed E-state index contributed by atoms with van der Waals surface area (Å²) in [5.74, 6) is -0.763. The number of carboxylic acid groups (broad SMARTS) is 1. The third-order valence-corrected chi connectivity index (χ3v) is 5.08. The van der Waals surface area contributed by atoms with Crippen molar-refractivity contribution in [3.8, 4) is 5.75 Å². The molecule has 3 rings (SSSR count). The van der Waals surface area contributed by atoms with Gasteiger partial charge in [0, 0.05) is 24.0 Å². The molecule has 0 fully saturated rings. The van der Waals surface area contributed by atoms with Crippen LogP contribution in [-0.2, 0) is 24.4 Å². The van der Waals surface area contributed by atoms with Crippen LogP contribution in [0.15, 0.2) is 72.8 Å². The van der Waals surface area contributed by atoms with Crippen molar-refractivity contribution >= 4 is 17.6 Å². The molecule has 0 aliphatic heterocycles. The van der Waals surface area contributed by atoms with Gasteiger partial charge in [-0.05, 0) is 41.0 Å². The fourth-order valence-electron chi connectivity index (χ4n) is 3.35. The highest BCUT2D eigenvalue weighted by Crippen LogP contribution is 2.26. The largest absolute Gasteiger partial charge is 0.489 e. The van der Waals surface area contributed by atoms with Gasteiger partial charge in [0.2, 0.25) is 12.5 Å². The predicted molar refractivity (Wildman–Crippen MR) is 123 cm³/mol. The van der Waals surface area contributed by atoms with Crippen LogP contribution in [0.5, 0.6) is 5.75 Å². The highest BCUT2D eigenvalue weighted by atomic mass is 16.6. The Hall–Kier alpha value is -4.20. The fourth-order valence-corrected chi connectivity index (χ4v) is 3.35. The molecule has 0 unspecified atom stereocenters. The summed E-state index contributed by atoms with van der Waals surface area (Å²) in [6.45, 7) is 1.67. The van der Waals surface area contributed by atoms with E-state index in [4.69, 9.17) is 4.74 Å². The topological polar surface area (TPSA) is 110 Å². The molecule has 8 nitrogen and oxygen atoms in total. The van der Waals surface area contributed by atoms with Crippen LogP contribution in [0.1, 0.15) is 34.0 Å². The summed E-state index contributed by atoms with van der Waals surface area (Å²) < 4.78 is 5.79. The molecule has 1 amide bonds. The predicted octanol–water partition coefficient (Wildman–Crippen LogP) is 4.34. The first-order valence-electron chi connectivity index (χ1n) is 10.4. The first-order valence-corrected chi connectivity index (χ1v) is 10.4. The molecule has 8 heteroatoms. The third-order valence-electron chi connectivity index (χ3n) is 5.08. The standard InChI is InChI=1S/C25H24N2O6/c1-18(28)26(24-15-22(25(29)30)10-9-21(24)13-14-27(31)32)16-19-7-11-23(12-8-19)33-17-20-5-3-2-4-6-20/h2-12,15H,13-14,16-17H2,1H3,(H,29,30). The zero-order chi connectivity index (χ0) is 23.8. The molecule has 0 heterocycles. The molecule has 0 radical (unpaired) electrons. The van der Waals surface area contributed by atoms with E-state index in [2.05, 4.69) is 0 Å². The number of hydrogen-bond donors (Lipinski definition) is 1. The van der Waals surface area contributed by atoms with E-state index < -0.39 is 10.9 Å². The molecule has 0 saturated heterocycles. The molecule has 0 bridgehead atoms.